The van der Waals surface area contributed by atoms with E-state index in [-0.39, 0.29) is 5.56 Å². The van der Waals surface area contributed by atoms with Gasteiger partial charge >= 0.3 is 6.18 Å². The van der Waals surface area contributed by atoms with Crippen LogP contribution < -0.4 is 0 Å². The van der Waals surface area contributed by atoms with E-state index in [1.807, 2.05) is 0 Å². The van der Waals surface area contributed by atoms with Crippen LogP contribution in [-0.2, 0) is 0 Å². The molecule has 0 fully saturated rings. The average Bonchev–Trinajstić information content (AvgIpc) is 2.24. The molecule has 0 N–H and O–H groups in total. The smallest absolute Gasteiger partial charge is 0.267 e. The number of alkyl halides is 3. The van der Waals surface area contributed by atoms with Crippen molar-refractivity contribution in [3.63, 3.8) is 0 Å². The number of benzene rings is 1. The summed E-state index contributed by atoms with van der Waals surface area (Å²) >= 11 is 0. The molecule has 0 saturated heterocycles. The molecule has 1 rings (SSSR count). The molecule has 0 heterocycles. The van der Waals surface area contributed by atoms with Crippen molar-refractivity contribution in [1.82, 2.24) is 0 Å². The van der Waals surface area contributed by atoms with Crippen molar-refractivity contribution in [3.8, 4) is 6.07 Å². The van der Waals surface area contributed by atoms with Gasteiger partial charge in [0.2, 0.25) is 5.71 Å². The van der Waals surface area contributed by atoms with Gasteiger partial charge in [-0.25, -0.2) is 4.39 Å². The Morgan fingerprint density at radius 2 is 1.76 bits per heavy atom. The first-order valence-electron chi connectivity index (χ1n) is 4.20. The van der Waals surface area contributed by atoms with Crippen LogP contribution in [0, 0.1) is 17.1 Å². The van der Waals surface area contributed by atoms with Gasteiger partial charge in [-0.2, -0.15) is 23.4 Å². The number of halogens is 4. The summed E-state index contributed by atoms with van der Waals surface area (Å²) in [6.07, 6.45) is -4.98. The number of rotatable bonds is 1. The first-order chi connectivity index (χ1) is 7.84. The molecule has 0 atom stereocenters. The van der Waals surface area contributed by atoms with E-state index in [0.29, 0.717) is 0 Å². The van der Waals surface area contributed by atoms with E-state index >= 15 is 0 Å². The predicted octanol–water partition coefficient (Wildman–Crippen LogP) is 2.49. The van der Waals surface area contributed by atoms with Crippen LogP contribution in [0.4, 0.5) is 17.6 Å². The van der Waals surface area contributed by atoms with Crippen molar-refractivity contribution in [2.24, 2.45) is 4.99 Å². The number of aliphatic imine (C=N–C) groups is 1. The van der Waals surface area contributed by atoms with E-state index in [1.54, 1.807) is 0 Å². The van der Waals surface area contributed by atoms with Crippen molar-refractivity contribution in [2.45, 2.75) is 6.18 Å². The maximum atomic E-state index is 12.5. The quantitative estimate of drug-likeness (QED) is 0.563. The Kier molecular flexibility index (Phi) is 3.58. The van der Waals surface area contributed by atoms with Crippen LogP contribution in [0.15, 0.2) is 29.3 Å². The molecule has 0 spiro atoms. The number of hydrogen-bond acceptors (Lipinski definition) is 2. The maximum Gasteiger partial charge on any atom is 0.443 e. The third kappa shape index (κ3) is 3.38. The van der Waals surface area contributed by atoms with E-state index in [4.69, 9.17) is 5.26 Å². The van der Waals surface area contributed by atoms with E-state index < -0.39 is 23.6 Å². The first kappa shape index (κ1) is 12.8. The predicted molar refractivity (Wildman–Crippen MR) is 49.8 cm³/mol. The molecule has 1 amide bonds. The molecule has 88 valence electrons. The van der Waals surface area contributed by atoms with E-state index in [0.717, 1.165) is 30.3 Å². The van der Waals surface area contributed by atoms with Crippen LogP contribution in [0.1, 0.15) is 10.4 Å². The molecule has 0 radical (unpaired) electrons. The zero-order chi connectivity index (χ0) is 13.1. The Hall–Kier alpha value is -2.23. The summed E-state index contributed by atoms with van der Waals surface area (Å²) in [7, 11) is 0. The van der Waals surface area contributed by atoms with Gasteiger partial charge in [-0.1, -0.05) is 0 Å². The fourth-order valence-electron chi connectivity index (χ4n) is 0.910. The summed E-state index contributed by atoms with van der Waals surface area (Å²) in [5.74, 6) is -1.89. The molecule has 0 aliphatic carbocycles. The molecule has 1 aromatic carbocycles. The minimum absolute atomic E-state index is 0.233. The molecule has 0 saturated carbocycles. The molecule has 17 heavy (non-hydrogen) atoms. The Labute approximate surface area is 93.0 Å². The van der Waals surface area contributed by atoms with Gasteiger partial charge in [0.1, 0.15) is 11.9 Å². The molecule has 0 aliphatic rings. The van der Waals surface area contributed by atoms with Gasteiger partial charge in [0, 0.05) is 5.56 Å². The van der Waals surface area contributed by atoms with Crippen LogP contribution in [0.2, 0.25) is 0 Å². The topological polar surface area (TPSA) is 53.2 Å². The summed E-state index contributed by atoms with van der Waals surface area (Å²) in [5, 5.41) is 8.19. The highest BCUT2D eigenvalue weighted by molar-refractivity contribution is 6.11. The molecule has 0 aromatic heterocycles. The molecule has 1 aromatic rings. The zero-order valence-electron chi connectivity index (χ0n) is 8.12. The summed E-state index contributed by atoms with van der Waals surface area (Å²) in [4.78, 5) is 13.8. The van der Waals surface area contributed by atoms with Crippen molar-refractivity contribution in [3.05, 3.63) is 35.6 Å². The van der Waals surface area contributed by atoms with Crippen molar-refractivity contribution < 1.29 is 22.4 Å². The van der Waals surface area contributed by atoms with Gasteiger partial charge in [-0.3, -0.25) is 4.79 Å². The fourth-order valence-corrected chi connectivity index (χ4v) is 0.910. The SMILES string of the molecule is N#CC(=NC(=O)c1ccc(F)cc1)C(F)(F)F. The lowest BCUT2D eigenvalue weighted by atomic mass is 10.2. The summed E-state index contributed by atoms with van der Waals surface area (Å²) in [5.41, 5.74) is -2.07. The molecule has 3 nitrogen and oxygen atoms in total. The summed E-state index contributed by atoms with van der Waals surface area (Å²) < 4.78 is 48.8. The molecule has 0 unspecified atom stereocenters. The normalized spacial score (nSPS) is 12.1. The Morgan fingerprint density at radius 3 is 2.18 bits per heavy atom. The third-order valence-corrected chi connectivity index (χ3v) is 1.68. The summed E-state index contributed by atoms with van der Waals surface area (Å²) in [6, 6.07) is 4.55. The second kappa shape index (κ2) is 4.74. The third-order valence-electron chi connectivity index (χ3n) is 1.68. The minimum Gasteiger partial charge on any atom is -0.267 e. The number of hydrogen-bond donors (Lipinski definition) is 0. The van der Waals surface area contributed by atoms with Crippen molar-refractivity contribution in [1.29, 1.82) is 5.26 Å². The monoisotopic (exact) mass is 244 g/mol. The Balaban J connectivity index is 3.03. The number of carbonyl (C=O) groups excluding carboxylic acids is 1. The molecule has 0 bridgehead atoms. The molecule has 7 heteroatoms. The van der Waals surface area contributed by atoms with Crippen LogP contribution in [0.25, 0.3) is 0 Å². The van der Waals surface area contributed by atoms with Crippen LogP contribution in [-0.4, -0.2) is 17.8 Å². The second-order valence-electron chi connectivity index (χ2n) is 2.88. The van der Waals surface area contributed by atoms with Gasteiger partial charge in [-0.15, -0.1) is 0 Å². The van der Waals surface area contributed by atoms with Crippen LogP contribution >= 0.6 is 0 Å². The fraction of sp³-hybridized carbons (Fsp3) is 0.100. The van der Waals surface area contributed by atoms with Gasteiger partial charge in [0.05, 0.1) is 0 Å². The van der Waals surface area contributed by atoms with Crippen molar-refractivity contribution in [2.75, 3.05) is 0 Å². The molecule has 0 aliphatic heterocycles. The number of amides is 1. The maximum absolute atomic E-state index is 12.5. The zero-order valence-corrected chi connectivity index (χ0v) is 8.12. The first-order valence-corrected chi connectivity index (χ1v) is 4.20. The van der Waals surface area contributed by atoms with E-state index in [9.17, 15) is 22.4 Å². The molecular formula is C10H4F4N2O. The van der Waals surface area contributed by atoms with Gasteiger partial charge < -0.3 is 0 Å². The second-order valence-corrected chi connectivity index (χ2v) is 2.88. The lowest BCUT2D eigenvalue weighted by Crippen LogP contribution is -2.22. The molecular weight excluding hydrogens is 240 g/mol. The number of nitriles is 1. The number of nitrogens with zero attached hydrogens (tertiary/aromatic N) is 2. The van der Waals surface area contributed by atoms with Crippen LogP contribution in [0.5, 0.6) is 0 Å². The Morgan fingerprint density at radius 1 is 1.24 bits per heavy atom. The number of carbonyl (C=O) groups is 1. The lowest BCUT2D eigenvalue weighted by molar-refractivity contribution is -0.0573. The van der Waals surface area contributed by atoms with Crippen molar-refractivity contribution >= 4 is 11.6 Å². The van der Waals surface area contributed by atoms with Gasteiger partial charge in [0.15, 0.2) is 0 Å². The minimum atomic E-state index is -4.98. The van der Waals surface area contributed by atoms with E-state index in [1.165, 1.54) is 0 Å². The van der Waals surface area contributed by atoms with Gasteiger partial charge in [0.25, 0.3) is 5.91 Å². The largest absolute Gasteiger partial charge is 0.443 e. The van der Waals surface area contributed by atoms with Gasteiger partial charge in [-0.05, 0) is 24.3 Å². The highest BCUT2D eigenvalue weighted by Crippen LogP contribution is 2.17. The highest BCUT2D eigenvalue weighted by Gasteiger charge is 2.36. The lowest BCUT2D eigenvalue weighted by Gasteiger charge is -2.02. The standard InChI is InChI=1S/C10H4F4N2O/c11-7-3-1-6(2-4-7)9(17)16-8(5-15)10(12,13)14/h1-4H. The summed E-state index contributed by atoms with van der Waals surface area (Å²) in [6.45, 7) is 0. The highest BCUT2D eigenvalue weighted by atomic mass is 19.4. The Bertz CT molecular complexity index is 497. The average molecular weight is 244 g/mol. The van der Waals surface area contributed by atoms with Crippen LogP contribution in [0.3, 0.4) is 0 Å². The van der Waals surface area contributed by atoms with E-state index in [2.05, 4.69) is 4.99 Å².